The number of carbonyl (C=O) groups excluding carboxylic acids is 2. The van der Waals surface area contributed by atoms with E-state index in [2.05, 4.69) is 47.2 Å². The average molecular weight is 574 g/mol. The van der Waals surface area contributed by atoms with Gasteiger partial charge in [0.05, 0.1) is 33.3 Å². The number of esters is 1. The summed E-state index contributed by atoms with van der Waals surface area (Å²) < 4.78 is 7.02. The zero-order chi connectivity index (χ0) is 22.5. The molecule has 1 heterocycles. The van der Waals surface area contributed by atoms with Gasteiger partial charge in [0.2, 0.25) is 5.91 Å². The zero-order valence-electron chi connectivity index (χ0n) is 19.5. The van der Waals surface area contributed by atoms with Crippen molar-refractivity contribution >= 4 is 27.8 Å². The second-order valence-electron chi connectivity index (χ2n) is 8.83. The number of nitrogens with zero attached hydrogens (tertiary/aromatic N) is 2. The van der Waals surface area contributed by atoms with Crippen LogP contribution in [0.25, 0.3) is 0 Å². The lowest BCUT2D eigenvalue weighted by molar-refractivity contribution is -0.920. The van der Waals surface area contributed by atoms with Gasteiger partial charge >= 0.3 is 5.97 Å². The van der Waals surface area contributed by atoms with Crippen LogP contribution in [0.15, 0.2) is 40.9 Å². The Bertz CT molecular complexity index is 724. The van der Waals surface area contributed by atoms with Gasteiger partial charge in [0.15, 0.2) is 0 Å². The number of unbranched alkanes of at least 4 members (excludes halogenated alkanes) is 5. The van der Waals surface area contributed by atoms with Gasteiger partial charge < -0.3 is 31.1 Å². The fourth-order valence-electron chi connectivity index (χ4n) is 4.04. The van der Waals surface area contributed by atoms with Crippen molar-refractivity contribution in [2.24, 2.45) is 0 Å². The van der Waals surface area contributed by atoms with Crippen LogP contribution in [0.2, 0.25) is 0 Å². The predicted octanol–water partition coefficient (Wildman–Crippen LogP) is 2.09. The molecule has 0 saturated carbocycles. The van der Waals surface area contributed by atoms with E-state index in [-0.39, 0.29) is 28.9 Å². The summed E-state index contributed by atoms with van der Waals surface area (Å²) in [5.41, 5.74) is 1.34. The first-order valence-electron chi connectivity index (χ1n) is 11.5. The molecule has 0 radical (unpaired) electrons. The van der Waals surface area contributed by atoms with Gasteiger partial charge in [-0.15, -0.1) is 0 Å². The van der Waals surface area contributed by atoms with Crippen molar-refractivity contribution in [2.75, 3.05) is 39.8 Å². The molecule has 180 valence electrons. The van der Waals surface area contributed by atoms with Crippen molar-refractivity contribution in [1.82, 2.24) is 4.90 Å². The monoisotopic (exact) mass is 572 g/mol. The molecule has 1 saturated heterocycles. The lowest BCUT2D eigenvalue weighted by Crippen LogP contribution is -3.00. The van der Waals surface area contributed by atoms with Gasteiger partial charge in [-0.25, -0.2) is 0 Å². The quantitative estimate of drug-likeness (QED) is 0.176. The number of likely N-dealkylation sites (N-methyl/N-ethyl adjacent to an activating group) is 1. The minimum atomic E-state index is -0.202. The summed E-state index contributed by atoms with van der Waals surface area (Å²) in [7, 11) is 2.30. The van der Waals surface area contributed by atoms with Crippen LogP contribution >= 0.6 is 15.9 Å². The Morgan fingerprint density at radius 3 is 2.47 bits per heavy atom. The number of rotatable bonds is 11. The smallest absolute Gasteiger partial charge is 0.302 e. The Balaban J connectivity index is 0.00000512. The van der Waals surface area contributed by atoms with Crippen molar-refractivity contribution in [3.63, 3.8) is 0 Å². The molecule has 0 aliphatic carbocycles. The molecule has 1 aromatic carbocycles. The Morgan fingerprint density at radius 2 is 1.75 bits per heavy atom. The van der Waals surface area contributed by atoms with E-state index < -0.39 is 0 Å². The SMILES string of the molecule is CC(=O)OCCCCCCC/C=C/C(=O)N1CCC[N+](C)(Cc2ccc(Br)cc2)CC1.[Br-]. The van der Waals surface area contributed by atoms with Crippen LogP contribution in [-0.4, -0.2) is 61.1 Å². The third-order valence-electron chi connectivity index (χ3n) is 5.91. The molecule has 1 aliphatic heterocycles. The van der Waals surface area contributed by atoms with Crippen LogP contribution in [0.1, 0.15) is 57.4 Å². The number of ether oxygens (including phenoxy) is 1. The van der Waals surface area contributed by atoms with E-state index in [1.807, 2.05) is 11.0 Å². The van der Waals surface area contributed by atoms with E-state index in [4.69, 9.17) is 4.74 Å². The summed E-state index contributed by atoms with van der Waals surface area (Å²) >= 11 is 3.50. The minimum absolute atomic E-state index is 0. The van der Waals surface area contributed by atoms with Gasteiger partial charge in [0.25, 0.3) is 0 Å². The van der Waals surface area contributed by atoms with Gasteiger partial charge in [-0.3, -0.25) is 9.59 Å². The van der Waals surface area contributed by atoms with Crippen molar-refractivity contribution in [2.45, 2.75) is 58.4 Å². The first-order chi connectivity index (χ1) is 14.9. The molecule has 1 fully saturated rings. The van der Waals surface area contributed by atoms with Crippen molar-refractivity contribution in [3.05, 3.63) is 46.5 Å². The number of carbonyl (C=O) groups is 2. The van der Waals surface area contributed by atoms with E-state index >= 15 is 0 Å². The maximum atomic E-state index is 12.6. The highest BCUT2D eigenvalue weighted by Crippen LogP contribution is 2.18. The molecule has 0 bridgehead atoms. The number of amides is 1. The average Bonchev–Trinajstić information content (AvgIpc) is 2.92. The van der Waals surface area contributed by atoms with Crippen LogP contribution in [0, 0.1) is 0 Å². The summed E-state index contributed by atoms with van der Waals surface area (Å²) in [4.78, 5) is 25.3. The third-order valence-corrected chi connectivity index (χ3v) is 6.43. The van der Waals surface area contributed by atoms with Gasteiger partial charge in [-0.2, -0.15) is 0 Å². The summed E-state index contributed by atoms with van der Waals surface area (Å²) in [5.74, 6) is -0.0501. The van der Waals surface area contributed by atoms with E-state index in [9.17, 15) is 9.59 Å². The van der Waals surface area contributed by atoms with Crippen LogP contribution in [0.5, 0.6) is 0 Å². The van der Waals surface area contributed by atoms with Gasteiger partial charge in [0.1, 0.15) is 6.54 Å². The van der Waals surface area contributed by atoms with E-state index in [0.29, 0.717) is 6.61 Å². The second-order valence-corrected chi connectivity index (χ2v) is 9.74. The van der Waals surface area contributed by atoms with Crippen LogP contribution in [0.3, 0.4) is 0 Å². The van der Waals surface area contributed by atoms with E-state index in [1.54, 1.807) is 6.08 Å². The fourth-order valence-corrected chi connectivity index (χ4v) is 4.30. The zero-order valence-corrected chi connectivity index (χ0v) is 22.7. The number of quaternary nitrogens is 1. The molecule has 1 aliphatic rings. The molecular formula is C25H38Br2N2O3. The van der Waals surface area contributed by atoms with Crippen LogP contribution < -0.4 is 17.0 Å². The molecule has 1 atom stereocenters. The van der Waals surface area contributed by atoms with Crippen molar-refractivity contribution in [1.29, 1.82) is 0 Å². The molecule has 0 N–H and O–H groups in total. The Kier molecular flexibility index (Phi) is 14.1. The molecule has 32 heavy (non-hydrogen) atoms. The molecule has 1 amide bonds. The van der Waals surface area contributed by atoms with Crippen molar-refractivity contribution in [3.8, 4) is 0 Å². The first kappa shape index (κ1) is 28.9. The molecule has 2 rings (SSSR count). The maximum Gasteiger partial charge on any atom is 0.302 e. The normalized spacial score (nSPS) is 18.8. The fraction of sp³-hybridized carbons (Fsp3) is 0.600. The van der Waals surface area contributed by atoms with Crippen LogP contribution in [-0.2, 0) is 20.9 Å². The third kappa shape index (κ3) is 11.6. The summed E-state index contributed by atoms with van der Waals surface area (Å²) in [5, 5.41) is 0. The Hall–Kier alpha value is -1.18. The second kappa shape index (κ2) is 15.6. The number of hydrogen-bond acceptors (Lipinski definition) is 3. The molecule has 0 spiro atoms. The highest BCUT2D eigenvalue weighted by Gasteiger charge is 2.27. The van der Waals surface area contributed by atoms with Gasteiger partial charge in [-0.05, 0) is 37.5 Å². The topological polar surface area (TPSA) is 46.6 Å². The highest BCUT2D eigenvalue weighted by atomic mass is 79.9. The van der Waals surface area contributed by atoms with Crippen LogP contribution in [0.4, 0.5) is 0 Å². The molecule has 5 nitrogen and oxygen atoms in total. The Labute approximate surface area is 212 Å². The van der Waals surface area contributed by atoms with Gasteiger partial charge in [0, 0.05) is 29.9 Å². The number of allylic oxidation sites excluding steroid dienone is 1. The lowest BCUT2D eigenvalue weighted by atomic mass is 10.1. The molecular weight excluding hydrogens is 536 g/mol. The first-order valence-corrected chi connectivity index (χ1v) is 12.3. The highest BCUT2D eigenvalue weighted by molar-refractivity contribution is 9.10. The molecule has 7 heteroatoms. The van der Waals surface area contributed by atoms with Crippen molar-refractivity contribution < 1.29 is 35.8 Å². The number of hydrogen-bond donors (Lipinski definition) is 0. The standard InChI is InChI=1S/C25H38BrN2O3.BrH/c1-22(29)31-20-9-7-5-3-4-6-8-11-25(30)27-16-10-18-28(2,19-17-27)21-23-12-14-24(26)15-13-23;/h8,11-15H,3-7,9-10,16-21H2,1-2H3;1H/q+1;/p-1/b11-8+;. The van der Waals surface area contributed by atoms with Gasteiger partial charge in [-0.1, -0.05) is 53.4 Å². The maximum absolute atomic E-state index is 12.6. The van der Waals surface area contributed by atoms with E-state index in [1.165, 1.54) is 12.5 Å². The summed E-state index contributed by atoms with van der Waals surface area (Å²) in [6.45, 7) is 6.73. The van der Waals surface area contributed by atoms with E-state index in [0.717, 1.165) is 86.6 Å². The largest absolute Gasteiger partial charge is 1.00 e. The summed E-state index contributed by atoms with van der Waals surface area (Å²) in [6.07, 6.45) is 11.2. The molecule has 1 unspecified atom stereocenters. The Morgan fingerprint density at radius 1 is 1.06 bits per heavy atom. The number of benzene rings is 1. The lowest BCUT2D eigenvalue weighted by Gasteiger charge is -2.33. The number of halogens is 2. The molecule has 1 aromatic rings. The molecule has 0 aromatic heterocycles. The summed E-state index contributed by atoms with van der Waals surface area (Å²) in [6, 6.07) is 8.57. The minimum Gasteiger partial charge on any atom is -1.00 e. The predicted molar refractivity (Wildman–Crippen MR) is 128 cm³/mol.